The fourth-order valence-corrected chi connectivity index (χ4v) is 0.0833. The zero-order valence-electron chi connectivity index (χ0n) is 4.07. The summed E-state index contributed by atoms with van der Waals surface area (Å²) in [4.78, 5) is 0. The molecule has 0 amide bonds. The van der Waals surface area contributed by atoms with Crippen molar-refractivity contribution >= 4 is 0 Å². The van der Waals surface area contributed by atoms with Crippen LogP contribution in [0.25, 0.3) is 0 Å². The van der Waals surface area contributed by atoms with Crippen molar-refractivity contribution in [1.82, 2.24) is 0 Å². The van der Waals surface area contributed by atoms with E-state index in [9.17, 15) is 8.78 Å². The lowest BCUT2D eigenvalue weighted by atomic mass is 11.2. The average Bonchev–Trinajstić information content (AvgIpc) is 1.68. The minimum absolute atomic E-state index is 0. The summed E-state index contributed by atoms with van der Waals surface area (Å²) < 4.78 is 29.9. The van der Waals surface area contributed by atoms with Crippen LogP contribution >= 0.6 is 0 Å². The summed E-state index contributed by atoms with van der Waals surface area (Å²) in [6.07, 6.45) is -3.42. The number of ether oxygens (including phenoxy) is 2. The maximum atomic E-state index is 11.4. The topological polar surface area (TPSA) is 18.5 Å². The van der Waals surface area contributed by atoms with Gasteiger partial charge >= 0.3 is 6.29 Å². The first-order valence-corrected chi connectivity index (χ1v) is 1.60. The van der Waals surface area contributed by atoms with Crippen LogP contribution in [0.2, 0.25) is 0 Å². The Morgan fingerprint density at radius 1 is 1.00 bits per heavy atom. The van der Waals surface area contributed by atoms with E-state index >= 15 is 0 Å². The third-order valence-electron chi connectivity index (χ3n) is 0.475. The van der Waals surface area contributed by atoms with E-state index < -0.39 is 6.29 Å². The predicted molar refractivity (Wildman–Crippen MR) is 32.4 cm³/mol. The lowest BCUT2D eigenvalue weighted by Crippen LogP contribution is -2.20. The molecule has 0 spiro atoms. The summed E-state index contributed by atoms with van der Waals surface area (Å²) in [5.41, 5.74) is 0. The van der Waals surface area contributed by atoms with E-state index in [0.717, 1.165) is 14.2 Å². The van der Waals surface area contributed by atoms with Gasteiger partial charge in [-0.25, -0.2) is 0 Å². The van der Waals surface area contributed by atoms with E-state index in [4.69, 9.17) is 0 Å². The average molecular weight is 144 g/mol. The maximum absolute atomic E-state index is 11.4. The third-order valence-corrected chi connectivity index (χ3v) is 0.475. The molecule has 0 aromatic carbocycles. The number of rotatable bonds is 2. The smallest absolute Gasteiger partial charge is 0.299 e. The monoisotopic (exact) mass is 144 g/mol. The maximum Gasteiger partial charge on any atom is 0.484 e. The molecule has 0 unspecified atom stereocenters. The van der Waals surface area contributed by atoms with Crippen molar-refractivity contribution in [3.63, 3.8) is 0 Å². The van der Waals surface area contributed by atoms with Crippen LogP contribution in [0.1, 0.15) is 14.9 Å². The first-order chi connectivity index (χ1) is 3.12. The Morgan fingerprint density at radius 2 is 1.22 bits per heavy atom. The largest absolute Gasteiger partial charge is 0.484 e. The SMILES string of the molecule is C.C.COC(F)(F)OC. The fraction of sp³-hybridized carbons (Fsp3) is 1.00. The van der Waals surface area contributed by atoms with E-state index in [1.165, 1.54) is 0 Å². The quantitative estimate of drug-likeness (QED) is 0.552. The molecule has 0 aromatic rings. The standard InChI is InChI=1S/C3H6F2O2.2CH4/c1-6-3(4,5)7-2;;/h1-2H3;2*1H4. The molecule has 2 nitrogen and oxygen atoms in total. The van der Waals surface area contributed by atoms with Gasteiger partial charge in [-0.1, -0.05) is 14.9 Å². The number of hydrogen-bond acceptors (Lipinski definition) is 2. The highest BCUT2D eigenvalue weighted by Gasteiger charge is 2.26. The van der Waals surface area contributed by atoms with Gasteiger partial charge in [0, 0.05) is 14.2 Å². The van der Waals surface area contributed by atoms with Crippen molar-refractivity contribution in [3.8, 4) is 0 Å². The molecule has 0 fully saturated rings. The van der Waals surface area contributed by atoms with Crippen molar-refractivity contribution in [2.45, 2.75) is 21.1 Å². The Balaban J connectivity index is -0.000000180. The Bertz CT molecular complexity index is 50.9. The molecular weight excluding hydrogens is 130 g/mol. The van der Waals surface area contributed by atoms with E-state index in [2.05, 4.69) is 9.47 Å². The van der Waals surface area contributed by atoms with Gasteiger partial charge in [0.05, 0.1) is 0 Å². The van der Waals surface area contributed by atoms with Crippen LogP contribution in [0.3, 0.4) is 0 Å². The molecular formula is C5H14F2O2. The summed E-state index contributed by atoms with van der Waals surface area (Å²) in [7, 11) is 1.73. The zero-order valence-corrected chi connectivity index (χ0v) is 4.07. The van der Waals surface area contributed by atoms with Gasteiger partial charge in [-0.15, -0.1) is 8.78 Å². The first kappa shape index (κ1) is 15.9. The molecule has 4 heteroatoms. The van der Waals surface area contributed by atoms with Crippen molar-refractivity contribution in [1.29, 1.82) is 0 Å². The van der Waals surface area contributed by atoms with Gasteiger partial charge in [0.15, 0.2) is 0 Å². The van der Waals surface area contributed by atoms with E-state index in [1.807, 2.05) is 0 Å². The highest BCUT2D eigenvalue weighted by Crippen LogP contribution is 2.12. The zero-order chi connectivity index (χ0) is 5.91. The van der Waals surface area contributed by atoms with Crippen LogP contribution in [0.5, 0.6) is 0 Å². The highest BCUT2D eigenvalue weighted by atomic mass is 19.3. The molecule has 0 rings (SSSR count). The minimum atomic E-state index is -3.42. The van der Waals surface area contributed by atoms with Gasteiger partial charge in [-0.2, -0.15) is 0 Å². The molecule has 60 valence electrons. The van der Waals surface area contributed by atoms with Gasteiger partial charge in [0.2, 0.25) is 0 Å². The molecule has 0 radical (unpaired) electrons. The summed E-state index contributed by atoms with van der Waals surface area (Å²) in [6, 6.07) is 0. The number of hydrogen-bond donors (Lipinski definition) is 0. The van der Waals surface area contributed by atoms with Gasteiger partial charge in [-0.05, 0) is 0 Å². The molecule has 0 aliphatic carbocycles. The van der Waals surface area contributed by atoms with Gasteiger partial charge in [0.1, 0.15) is 0 Å². The molecule has 0 aliphatic heterocycles. The molecule has 0 heterocycles. The Hall–Kier alpha value is -0.220. The minimum Gasteiger partial charge on any atom is -0.299 e. The van der Waals surface area contributed by atoms with Crippen molar-refractivity contribution < 1.29 is 18.3 Å². The van der Waals surface area contributed by atoms with E-state index in [0.29, 0.717) is 0 Å². The van der Waals surface area contributed by atoms with Crippen LogP contribution in [0, 0.1) is 0 Å². The Labute approximate surface area is 54.8 Å². The summed E-state index contributed by atoms with van der Waals surface area (Å²) >= 11 is 0. The van der Waals surface area contributed by atoms with Crippen LogP contribution < -0.4 is 0 Å². The van der Waals surface area contributed by atoms with Crippen molar-refractivity contribution in [2.75, 3.05) is 14.2 Å². The summed E-state index contributed by atoms with van der Waals surface area (Å²) in [5, 5.41) is 0. The summed E-state index contributed by atoms with van der Waals surface area (Å²) in [5.74, 6) is 0. The van der Waals surface area contributed by atoms with Crippen molar-refractivity contribution in [3.05, 3.63) is 0 Å². The normalized spacial score (nSPS) is 9.33. The van der Waals surface area contributed by atoms with Crippen LogP contribution in [-0.4, -0.2) is 20.5 Å². The van der Waals surface area contributed by atoms with Gasteiger partial charge < -0.3 is 0 Å². The predicted octanol–water partition coefficient (Wildman–Crippen LogP) is 2.10. The molecule has 0 bridgehead atoms. The second kappa shape index (κ2) is 5.91. The Kier molecular flexibility index (Phi) is 10.4. The fourth-order valence-electron chi connectivity index (χ4n) is 0.0833. The van der Waals surface area contributed by atoms with Crippen LogP contribution in [0.15, 0.2) is 0 Å². The number of methoxy groups -OCH3 is 2. The molecule has 0 saturated carbocycles. The third kappa shape index (κ3) is 7.78. The molecule has 0 N–H and O–H groups in total. The second-order valence-electron chi connectivity index (χ2n) is 0.872. The second-order valence-corrected chi connectivity index (χ2v) is 0.872. The number of alkyl halides is 2. The van der Waals surface area contributed by atoms with Gasteiger partial charge in [-0.3, -0.25) is 9.47 Å². The van der Waals surface area contributed by atoms with E-state index in [-0.39, 0.29) is 14.9 Å². The first-order valence-electron chi connectivity index (χ1n) is 1.60. The molecule has 9 heavy (non-hydrogen) atoms. The molecule has 0 saturated heterocycles. The lowest BCUT2D eigenvalue weighted by Gasteiger charge is -2.08. The molecule has 0 aromatic heterocycles. The lowest BCUT2D eigenvalue weighted by molar-refractivity contribution is -0.372. The van der Waals surface area contributed by atoms with Crippen molar-refractivity contribution in [2.24, 2.45) is 0 Å². The highest BCUT2D eigenvalue weighted by molar-refractivity contribution is 4.20. The molecule has 0 aliphatic rings. The Morgan fingerprint density at radius 3 is 1.22 bits per heavy atom. The van der Waals surface area contributed by atoms with Crippen LogP contribution in [-0.2, 0) is 9.47 Å². The van der Waals surface area contributed by atoms with E-state index in [1.54, 1.807) is 0 Å². The molecule has 0 atom stereocenters. The summed E-state index contributed by atoms with van der Waals surface area (Å²) in [6.45, 7) is 0. The number of halogens is 2. The van der Waals surface area contributed by atoms with Crippen LogP contribution in [0.4, 0.5) is 8.78 Å². The van der Waals surface area contributed by atoms with Gasteiger partial charge in [0.25, 0.3) is 0 Å².